The Morgan fingerprint density at radius 3 is 2.50 bits per heavy atom. The third-order valence-electron chi connectivity index (χ3n) is 7.32. The third-order valence-corrected chi connectivity index (χ3v) is 8.16. The van der Waals surface area contributed by atoms with Gasteiger partial charge in [-0.2, -0.15) is 0 Å². The van der Waals surface area contributed by atoms with Gasteiger partial charge in [0.15, 0.2) is 5.13 Å². The van der Waals surface area contributed by atoms with E-state index in [-0.39, 0.29) is 23.0 Å². The van der Waals surface area contributed by atoms with Crippen LogP contribution >= 0.6 is 11.3 Å². The first-order chi connectivity index (χ1) is 19.4. The van der Waals surface area contributed by atoms with Crippen LogP contribution in [-0.2, 0) is 0 Å². The molecule has 1 saturated carbocycles. The number of carbonyl (C=O) groups is 2. The maximum Gasteiger partial charge on any atom is 0.341 e. The second kappa shape index (κ2) is 10.2. The Bertz CT molecular complexity index is 1690. The van der Waals surface area contributed by atoms with Crippen molar-refractivity contribution in [2.45, 2.75) is 18.9 Å². The molecule has 40 heavy (non-hydrogen) atoms. The summed E-state index contributed by atoms with van der Waals surface area (Å²) in [6.45, 7) is 5.28. The van der Waals surface area contributed by atoms with E-state index < -0.39 is 17.2 Å². The van der Waals surface area contributed by atoms with Gasteiger partial charge in [0.1, 0.15) is 11.4 Å². The zero-order chi connectivity index (χ0) is 28.0. The normalized spacial score (nSPS) is 15.3. The lowest BCUT2D eigenvalue weighted by atomic mass is 10.1. The average molecular weight is 560 g/mol. The maximum atomic E-state index is 15.3. The van der Waals surface area contributed by atoms with Crippen molar-refractivity contribution in [2.24, 2.45) is 0 Å². The van der Waals surface area contributed by atoms with Crippen molar-refractivity contribution in [3.8, 4) is 11.3 Å². The number of aromatic nitrogens is 2. The van der Waals surface area contributed by atoms with Crippen molar-refractivity contribution >= 4 is 45.1 Å². The standard InChI is InChI=1S/C29H26FN5O4S/c1-2-34(28-31-23(17-40-28)18-6-4-3-5-7-18)29(39)33-12-10-32(11-13-33)25-15-24-20(14-22(25)30)26(36)21(27(37)38)16-35(24)19-8-9-19/h2-7,14-17,19H,1,8-13H2,(H,37,38). The van der Waals surface area contributed by atoms with E-state index in [1.165, 1.54) is 28.6 Å². The number of thiazole rings is 1. The van der Waals surface area contributed by atoms with E-state index >= 15 is 4.39 Å². The summed E-state index contributed by atoms with van der Waals surface area (Å²) in [6, 6.07) is 12.3. The number of rotatable bonds is 6. The number of halogens is 1. The minimum atomic E-state index is -1.32. The van der Waals surface area contributed by atoms with Gasteiger partial charge in [-0.3, -0.25) is 4.79 Å². The maximum absolute atomic E-state index is 15.3. The number of nitrogens with zero attached hydrogens (tertiary/aromatic N) is 5. The summed E-state index contributed by atoms with van der Waals surface area (Å²) in [5.74, 6) is -1.92. The fraction of sp³-hybridized carbons (Fsp3) is 0.241. The van der Waals surface area contributed by atoms with Crippen LogP contribution < -0.4 is 15.2 Å². The molecule has 204 valence electrons. The average Bonchev–Trinajstić information content (AvgIpc) is 3.70. The van der Waals surface area contributed by atoms with Gasteiger partial charge in [-0.25, -0.2) is 23.9 Å². The highest BCUT2D eigenvalue weighted by molar-refractivity contribution is 7.14. The Hall–Kier alpha value is -4.51. The smallest absolute Gasteiger partial charge is 0.341 e. The van der Waals surface area contributed by atoms with Gasteiger partial charge in [0.05, 0.1) is 16.9 Å². The van der Waals surface area contributed by atoms with Gasteiger partial charge in [-0.1, -0.05) is 36.9 Å². The van der Waals surface area contributed by atoms with E-state index in [0.717, 1.165) is 30.2 Å². The van der Waals surface area contributed by atoms with Gasteiger partial charge in [0, 0.05) is 60.9 Å². The third kappa shape index (κ3) is 4.62. The Morgan fingerprint density at radius 1 is 1.12 bits per heavy atom. The fourth-order valence-corrected chi connectivity index (χ4v) is 5.88. The molecule has 6 rings (SSSR count). The minimum Gasteiger partial charge on any atom is -0.477 e. The van der Waals surface area contributed by atoms with Crippen molar-refractivity contribution in [2.75, 3.05) is 36.0 Å². The van der Waals surface area contributed by atoms with Crippen LogP contribution in [0.2, 0.25) is 0 Å². The molecule has 0 bridgehead atoms. The molecule has 1 saturated heterocycles. The molecule has 2 aromatic heterocycles. The molecule has 4 aromatic rings. The van der Waals surface area contributed by atoms with Crippen LogP contribution in [0, 0.1) is 5.82 Å². The van der Waals surface area contributed by atoms with Gasteiger partial charge in [0.25, 0.3) is 0 Å². The van der Waals surface area contributed by atoms with Crippen molar-refractivity contribution in [1.82, 2.24) is 14.5 Å². The van der Waals surface area contributed by atoms with Gasteiger partial charge < -0.3 is 19.5 Å². The molecule has 11 heteroatoms. The number of pyridine rings is 1. The topological polar surface area (TPSA) is 99.0 Å². The molecule has 1 aliphatic heterocycles. The molecule has 1 N–H and O–H groups in total. The second-order valence-electron chi connectivity index (χ2n) is 9.83. The monoisotopic (exact) mass is 559 g/mol. The molecular weight excluding hydrogens is 533 g/mol. The van der Waals surface area contributed by atoms with E-state index in [9.17, 15) is 19.5 Å². The minimum absolute atomic E-state index is 0.0572. The lowest BCUT2D eigenvalue weighted by Gasteiger charge is -2.37. The number of carboxylic acids is 1. The number of carboxylic acid groups (broad SMARTS) is 1. The Balaban J connectivity index is 1.21. The molecule has 3 heterocycles. The van der Waals surface area contributed by atoms with Gasteiger partial charge >= 0.3 is 12.0 Å². The number of benzene rings is 2. The van der Waals surface area contributed by atoms with Crippen LogP contribution in [0.15, 0.2) is 71.6 Å². The Morgan fingerprint density at radius 2 is 1.85 bits per heavy atom. The molecule has 0 atom stereocenters. The molecule has 9 nitrogen and oxygen atoms in total. The second-order valence-corrected chi connectivity index (χ2v) is 10.7. The largest absolute Gasteiger partial charge is 0.477 e. The van der Waals surface area contributed by atoms with Crippen LogP contribution in [0.1, 0.15) is 29.2 Å². The number of anilines is 2. The summed E-state index contributed by atoms with van der Waals surface area (Å²) in [5.41, 5.74) is 1.52. The highest BCUT2D eigenvalue weighted by atomic mass is 32.1. The lowest BCUT2D eigenvalue weighted by Crippen LogP contribution is -2.52. The molecule has 2 fully saturated rings. The van der Waals surface area contributed by atoms with Crippen molar-refractivity contribution in [1.29, 1.82) is 0 Å². The quantitative estimate of drug-likeness (QED) is 0.349. The predicted molar refractivity (Wildman–Crippen MR) is 153 cm³/mol. The summed E-state index contributed by atoms with van der Waals surface area (Å²) in [6.07, 6.45) is 4.56. The van der Waals surface area contributed by atoms with Crippen molar-refractivity contribution in [3.05, 3.63) is 88.4 Å². The number of piperazine rings is 1. The first kappa shape index (κ1) is 25.8. The van der Waals surface area contributed by atoms with E-state index in [2.05, 4.69) is 11.6 Å². The summed E-state index contributed by atoms with van der Waals surface area (Å²) >= 11 is 1.35. The SMILES string of the molecule is C=CN(C(=O)N1CCN(c2cc3c(cc2F)c(=O)c(C(=O)O)cn3C2CC2)CC1)c1nc(-c2ccccc2)cs1. The number of hydrogen-bond donors (Lipinski definition) is 1. The summed E-state index contributed by atoms with van der Waals surface area (Å²) in [7, 11) is 0. The number of urea groups is 1. The summed E-state index contributed by atoms with van der Waals surface area (Å²) in [4.78, 5) is 47.4. The molecule has 2 amide bonds. The molecule has 0 radical (unpaired) electrons. The highest BCUT2D eigenvalue weighted by Gasteiger charge is 2.30. The zero-order valence-electron chi connectivity index (χ0n) is 21.5. The molecule has 2 aliphatic rings. The van der Waals surface area contributed by atoms with E-state index in [1.54, 1.807) is 15.5 Å². The van der Waals surface area contributed by atoms with Crippen LogP contribution in [0.4, 0.5) is 20.0 Å². The number of hydrogen-bond acceptors (Lipinski definition) is 6. The van der Waals surface area contributed by atoms with E-state index in [1.807, 2.05) is 40.6 Å². The molecular formula is C29H26FN5O4S. The number of fused-ring (bicyclic) bond motifs is 1. The number of aromatic carboxylic acids is 1. The van der Waals surface area contributed by atoms with Gasteiger partial charge in [0.2, 0.25) is 5.43 Å². The van der Waals surface area contributed by atoms with Gasteiger partial charge in [-0.15, -0.1) is 11.3 Å². The zero-order valence-corrected chi connectivity index (χ0v) is 22.3. The highest BCUT2D eigenvalue weighted by Crippen LogP contribution is 2.38. The first-order valence-corrected chi connectivity index (χ1v) is 13.8. The molecule has 0 unspecified atom stereocenters. The summed E-state index contributed by atoms with van der Waals surface area (Å²) < 4.78 is 17.1. The van der Waals surface area contributed by atoms with Crippen molar-refractivity contribution < 1.29 is 19.1 Å². The number of amides is 2. The lowest BCUT2D eigenvalue weighted by molar-refractivity contribution is 0.0694. The molecule has 1 aliphatic carbocycles. The Labute approximate surface area is 233 Å². The van der Waals surface area contributed by atoms with Crippen LogP contribution in [0.25, 0.3) is 22.2 Å². The fourth-order valence-electron chi connectivity index (χ4n) is 5.05. The van der Waals surface area contributed by atoms with E-state index in [4.69, 9.17) is 0 Å². The van der Waals surface area contributed by atoms with E-state index in [0.29, 0.717) is 42.5 Å². The molecule has 0 spiro atoms. The Kier molecular flexibility index (Phi) is 6.59. The number of carbonyl (C=O) groups excluding carboxylic acids is 1. The van der Waals surface area contributed by atoms with Crippen LogP contribution in [0.3, 0.4) is 0 Å². The summed E-state index contributed by atoms with van der Waals surface area (Å²) in [5, 5.41) is 11.9. The van der Waals surface area contributed by atoms with Crippen LogP contribution in [0.5, 0.6) is 0 Å². The first-order valence-electron chi connectivity index (χ1n) is 12.9. The predicted octanol–water partition coefficient (Wildman–Crippen LogP) is 5.19. The van der Waals surface area contributed by atoms with Crippen LogP contribution in [-0.4, -0.2) is 57.7 Å². The van der Waals surface area contributed by atoms with Crippen molar-refractivity contribution in [3.63, 3.8) is 0 Å². The molecule has 2 aromatic carbocycles. The van der Waals surface area contributed by atoms with Gasteiger partial charge in [-0.05, 0) is 25.0 Å².